The molecule has 0 unspecified atom stereocenters. The lowest BCUT2D eigenvalue weighted by molar-refractivity contribution is 0.100. The standard InChI is InChI=1S/C14H24N4O2/c1-11-9-15-13(17-11)10-16-14(19)18(2)7-3-5-12-6-4-8-20-12/h9,12H,3-8,10H2,1-2H3,(H,15,17)(H,16,19)/t12-/m0/s1. The van der Waals surface area contributed by atoms with Gasteiger partial charge in [-0.2, -0.15) is 0 Å². The molecule has 6 nitrogen and oxygen atoms in total. The number of hydrogen-bond donors (Lipinski definition) is 2. The second-order valence-corrected chi connectivity index (χ2v) is 5.37. The molecule has 0 aromatic carbocycles. The molecule has 1 atom stereocenters. The maximum atomic E-state index is 11.9. The normalized spacial score (nSPS) is 18.2. The summed E-state index contributed by atoms with van der Waals surface area (Å²) < 4.78 is 5.57. The van der Waals surface area contributed by atoms with Crippen LogP contribution >= 0.6 is 0 Å². The molecule has 0 bridgehead atoms. The number of H-pyrrole nitrogens is 1. The minimum Gasteiger partial charge on any atom is -0.378 e. The van der Waals surface area contributed by atoms with Crippen molar-refractivity contribution in [1.29, 1.82) is 0 Å². The fourth-order valence-electron chi connectivity index (χ4n) is 2.38. The largest absolute Gasteiger partial charge is 0.378 e. The Labute approximate surface area is 119 Å². The number of ether oxygens (including phenoxy) is 1. The van der Waals surface area contributed by atoms with Crippen LogP contribution in [0.25, 0.3) is 0 Å². The summed E-state index contributed by atoms with van der Waals surface area (Å²) in [5, 5.41) is 2.85. The highest BCUT2D eigenvalue weighted by atomic mass is 16.5. The number of urea groups is 1. The van der Waals surface area contributed by atoms with Gasteiger partial charge in [0.25, 0.3) is 0 Å². The second kappa shape index (κ2) is 7.28. The molecule has 1 aromatic rings. The Balaban J connectivity index is 1.61. The van der Waals surface area contributed by atoms with Gasteiger partial charge in [-0.3, -0.25) is 0 Å². The van der Waals surface area contributed by atoms with Crippen molar-refractivity contribution >= 4 is 6.03 Å². The van der Waals surface area contributed by atoms with Crippen LogP contribution in [-0.4, -0.2) is 47.2 Å². The van der Waals surface area contributed by atoms with Crippen molar-refractivity contribution in [2.24, 2.45) is 0 Å². The molecule has 0 saturated carbocycles. The molecule has 112 valence electrons. The minimum absolute atomic E-state index is 0.0635. The molecule has 1 aliphatic heterocycles. The number of aromatic amines is 1. The van der Waals surface area contributed by atoms with Gasteiger partial charge in [0, 0.05) is 32.1 Å². The number of rotatable bonds is 6. The van der Waals surface area contributed by atoms with Gasteiger partial charge in [-0.25, -0.2) is 9.78 Å². The smallest absolute Gasteiger partial charge is 0.317 e. The number of hydrogen-bond acceptors (Lipinski definition) is 3. The second-order valence-electron chi connectivity index (χ2n) is 5.37. The number of carbonyl (C=O) groups is 1. The van der Waals surface area contributed by atoms with Crippen molar-refractivity contribution in [1.82, 2.24) is 20.2 Å². The Kier molecular flexibility index (Phi) is 5.40. The highest BCUT2D eigenvalue weighted by molar-refractivity contribution is 5.73. The lowest BCUT2D eigenvalue weighted by Gasteiger charge is -2.18. The summed E-state index contributed by atoms with van der Waals surface area (Å²) in [5.41, 5.74) is 0.999. The minimum atomic E-state index is -0.0635. The molecule has 20 heavy (non-hydrogen) atoms. The van der Waals surface area contributed by atoms with E-state index in [-0.39, 0.29) is 6.03 Å². The lowest BCUT2D eigenvalue weighted by Crippen LogP contribution is -2.37. The summed E-state index contributed by atoms with van der Waals surface area (Å²) in [7, 11) is 1.82. The summed E-state index contributed by atoms with van der Waals surface area (Å²) in [6, 6.07) is -0.0635. The third-order valence-corrected chi connectivity index (χ3v) is 3.55. The number of nitrogens with one attached hydrogen (secondary N) is 2. The van der Waals surface area contributed by atoms with Crippen LogP contribution in [0.5, 0.6) is 0 Å². The average Bonchev–Trinajstić information content (AvgIpc) is 3.07. The van der Waals surface area contributed by atoms with Crippen molar-refractivity contribution < 1.29 is 9.53 Å². The van der Waals surface area contributed by atoms with E-state index in [2.05, 4.69) is 15.3 Å². The fourth-order valence-corrected chi connectivity index (χ4v) is 2.38. The highest BCUT2D eigenvalue weighted by Gasteiger charge is 2.16. The molecule has 2 heterocycles. The van der Waals surface area contributed by atoms with Crippen LogP contribution in [0.3, 0.4) is 0 Å². The number of nitrogens with zero attached hydrogens (tertiary/aromatic N) is 2. The van der Waals surface area contributed by atoms with Gasteiger partial charge in [-0.05, 0) is 32.6 Å². The van der Waals surface area contributed by atoms with E-state index < -0.39 is 0 Å². The van der Waals surface area contributed by atoms with E-state index in [1.54, 1.807) is 11.1 Å². The maximum absolute atomic E-state index is 11.9. The number of amides is 2. The first-order valence-corrected chi connectivity index (χ1v) is 7.26. The third kappa shape index (κ3) is 4.52. The fraction of sp³-hybridized carbons (Fsp3) is 0.714. The predicted molar refractivity (Wildman–Crippen MR) is 76.4 cm³/mol. The van der Waals surface area contributed by atoms with Crippen LogP contribution in [0.4, 0.5) is 4.79 Å². The van der Waals surface area contributed by atoms with Crippen molar-refractivity contribution in [3.63, 3.8) is 0 Å². The highest BCUT2D eigenvalue weighted by Crippen LogP contribution is 2.16. The van der Waals surface area contributed by atoms with Gasteiger partial charge in [0.2, 0.25) is 0 Å². The molecule has 2 rings (SSSR count). The third-order valence-electron chi connectivity index (χ3n) is 3.55. The summed E-state index contributed by atoms with van der Waals surface area (Å²) >= 11 is 0. The van der Waals surface area contributed by atoms with E-state index in [0.717, 1.165) is 43.9 Å². The first-order chi connectivity index (χ1) is 9.65. The van der Waals surface area contributed by atoms with Gasteiger partial charge < -0.3 is 19.9 Å². The zero-order valence-corrected chi connectivity index (χ0v) is 12.3. The van der Waals surface area contributed by atoms with Crippen LogP contribution in [0.2, 0.25) is 0 Å². The number of carbonyl (C=O) groups excluding carboxylic acids is 1. The molecule has 2 amide bonds. The molecule has 2 N–H and O–H groups in total. The van der Waals surface area contributed by atoms with Gasteiger partial charge in [0.15, 0.2) is 0 Å². The van der Waals surface area contributed by atoms with Crippen LogP contribution in [-0.2, 0) is 11.3 Å². The Hall–Kier alpha value is -1.56. The average molecular weight is 280 g/mol. The maximum Gasteiger partial charge on any atom is 0.317 e. The molecule has 1 aliphatic rings. The summed E-state index contributed by atoms with van der Waals surface area (Å²) in [6.07, 6.45) is 6.51. The summed E-state index contributed by atoms with van der Waals surface area (Å²) in [6.45, 7) is 4.02. The van der Waals surface area contributed by atoms with Crippen LogP contribution in [0, 0.1) is 6.92 Å². The van der Waals surface area contributed by atoms with Gasteiger partial charge >= 0.3 is 6.03 Å². The van der Waals surface area contributed by atoms with E-state index in [0.29, 0.717) is 12.6 Å². The first kappa shape index (κ1) is 14.8. The zero-order valence-electron chi connectivity index (χ0n) is 12.3. The SMILES string of the molecule is Cc1cnc(CNC(=O)N(C)CCC[C@H]2CCCO2)[nH]1. The van der Waals surface area contributed by atoms with Crippen LogP contribution in [0.1, 0.15) is 37.2 Å². The molecule has 0 aliphatic carbocycles. The molecular formula is C14H24N4O2. The van der Waals surface area contributed by atoms with Gasteiger partial charge in [0.05, 0.1) is 12.6 Å². The monoisotopic (exact) mass is 280 g/mol. The topological polar surface area (TPSA) is 70.2 Å². The first-order valence-electron chi connectivity index (χ1n) is 7.26. The Morgan fingerprint density at radius 3 is 3.15 bits per heavy atom. The Morgan fingerprint density at radius 2 is 2.50 bits per heavy atom. The number of aryl methyl sites for hydroxylation is 1. The van der Waals surface area contributed by atoms with Crippen molar-refractivity contribution in [2.75, 3.05) is 20.2 Å². The molecule has 0 spiro atoms. The zero-order chi connectivity index (χ0) is 14.4. The van der Waals surface area contributed by atoms with Crippen LogP contribution in [0.15, 0.2) is 6.20 Å². The summed E-state index contributed by atoms with van der Waals surface area (Å²) in [4.78, 5) is 20.9. The Morgan fingerprint density at radius 1 is 1.65 bits per heavy atom. The quantitative estimate of drug-likeness (QED) is 0.835. The number of imidazole rings is 1. The number of aromatic nitrogens is 2. The summed E-state index contributed by atoms with van der Waals surface area (Å²) in [5.74, 6) is 0.781. The molecule has 6 heteroatoms. The molecule has 0 radical (unpaired) electrons. The van der Waals surface area contributed by atoms with Gasteiger partial charge in [-0.1, -0.05) is 0 Å². The molecular weight excluding hydrogens is 256 g/mol. The molecule has 1 aromatic heterocycles. The van der Waals surface area contributed by atoms with Crippen LogP contribution < -0.4 is 5.32 Å². The van der Waals surface area contributed by atoms with Crippen molar-refractivity contribution in [2.45, 2.75) is 45.3 Å². The molecule has 1 fully saturated rings. The van der Waals surface area contributed by atoms with E-state index in [9.17, 15) is 4.79 Å². The van der Waals surface area contributed by atoms with Gasteiger partial charge in [0.1, 0.15) is 5.82 Å². The van der Waals surface area contributed by atoms with E-state index in [1.165, 1.54) is 6.42 Å². The van der Waals surface area contributed by atoms with E-state index in [4.69, 9.17) is 4.74 Å². The molecule has 1 saturated heterocycles. The predicted octanol–water partition coefficient (Wildman–Crippen LogP) is 1.82. The van der Waals surface area contributed by atoms with Crippen molar-refractivity contribution in [3.8, 4) is 0 Å². The Bertz CT molecular complexity index is 427. The van der Waals surface area contributed by atoms with Crippen molar-refractivity contribution in [3.05, 3.63) is 17.7 Å². The van der Waals surface area contributed by atoms with Gasteiger partial charge in [-0.15, -0.1) is 0 Å². The van der Waals surface area contributed by atoms with E-state index in [1.807, 2.05) is 14.0 Å². The van der Waals surface area contributed by atoms with E-state index >= 15 is 0 Å². The lowest BCUT2D eigenvalue weighted by atomic mass is 10.1.